The number of fused-ring (bicyclic) bond motifs is 1. The zero-order chi connectivity index (χ0) is 9.42. The molecule has 1 aromatic carbocycles. The molecule has 13 heavy (non-hydrogen) atoms. The summed E-state index contributed by atoms with van der Waals surface area (Å²) >= 11 is 0. The molecule has 0 saturated carbocycles. The fourth-order valence-corrected chi connectivity index (χ4v) is 1.15. The third kappa shape index (κ3) is 1.26. The number of hydrogen-bond donors (Lipinski definition) is 1. The number of benzene rings is 1. The lowest BCUT2D eigenvalue weighted by atomic mass is 10.1. The van der Waals surface area contributed by atoms with E-state index in [1.54, 1.807) is 0 Å². The van der Waals surface area contributed by atoms with Crippen LogP contribution in [0.15, 0.2) is 18.3 Å². The van der Waals surface area contributed by atoms with Crippen molar-refractivity contribution in [2.24, 2.45) is 0 Å². The SMILES string of the molecule is Fc1cc2[nH]ncc2cc1C(F)F. The van der Waals surface area contributed by atoms with Crippen LogP contribution in [0.2, 0.25) is 0 Å². The summed E-state index contributed by atoms with van der Waals surface area (Å²) in [6.45, 7) is 0. The summed E-state index contributed by atoms with van der Waals surface area (Å²) < 4.78 is 37.3. The van der Waals surface area contributed by atoms with Gasteiger partial charge in [-0.15, -0.1) is 0 Å². The number of aromatic amines is 1. The van der Waals surface area contributed by atoms with Crippen molar-refractivity contribution in [1.29, 1.82) is 0 Å². The minimum Gasteiger partial charge on any atom is -0.278 e. The highest BCUT2D eigenvalue weighted by atomic mass is 19.3. The predicted octanol–water partition coefficient (Wildman–Crippen LogP) is 2.64. The molecule has 5 heteroatoms. The summed E-state index contributed by atoms with van der Waals surface area (Å²) in [4.78, 5) is 0. The van der Waals surface area contributed by atoms with Crippen molar-refractivity contribution in [2.45, 2.75) is 6.43 Å². The summed E-state index contributed by atoms with van der Waals surface area (Å²) in [5, 5.41) is 6.58. The van der Waals surface area contributed by atoms with Crippen LogP contribution >= 0.6 is 0 Å². The van der Waals surface area contributed by atoms with Crippen LogP contribution in [-0.4, -0.2) is 10.2 Å². The van der Waals surface area contributed by atoms with E-state index in [1.165, 1.54) is 6.20 Å². The first-order valence-electron chi connectivity index (χ1n) is 3.59. The molecule has 1 N–H and O–H groups in total. The van der Waals surface area contributed by atoms with Crippen molar-refractivity contribution in [2.75, 3.05) is 0 Å². The molecule has 0 unspecified atom stereocenters. The number of nitrogens with zero attached hydrogens (tertiary/aromatic N) is 1. The van der Waals surface area contributed by atoms with Gasteiger partial charge < -0.3 is 0 Å². The summed E-state index contributed by atoms with van der Waals surface area (Å²) in [7, 11) is 0. The van der Waals surface area contributed by atoms with Gasteiger partial charge in [-0.05, 0) is 6.07 Å². The molecule has 0 atom stereocenters. The lowest BCUT2D eigenvalue weighted by Gasteiger charge is -2.00. The average molecular weight is 186 g/mol. The highest BCUT2D eigenvalue weighted by Crippen LogP contribution is 2.25. The molecule has 1 aromatic heterocycles. The molecule has 0 fully saturated rings. The van der Waals surface area contributed by atoms with Gasteiger partial charge in [-0.1, -0.05) is 0 Å². The van der Waals surface area contributed by atoms with Crippen LogP contribution in [0.3, 0.4) is 0 Å². The Bertz CT molecular complexity index is 436. The number of hydrogen-bond acceptors (Lipinski definition) is 1. The molecule has 0 aliphatic carbocycles. The Morgan fingerprint density at radius 1 is 1.31 bits per heavy atom. The molecule has 68 valence electrons. The van der Waals surface area contributed by atoms with Gasteiger partial charge in [0.2, 0.25) is 0 Å². The van der Waals surface area contributed by atoms with Gasteiger partial charge in [0.05, 0.1) is 17.3 Å². The topological polar surface area (TPSA) is 28.7 Å². The Balaban J connectivity index is 2.69. The van der Waals surface area contributed by atoms with Crippen molar-refractivity contribution in [3.05, 3.63) is 29.7 Å². The lowest BCUT2D eigenvalue weighted by Crippen LogP contribution is -1.89. The molecule has 2 rings (SSSR count). The van der Waals surface area contributed by atoms with E-state index in [-0.39, 0.29) is 0 Å². The van der Waals surface area contributed by atoms with Crippen LogP contribution in [0.5, 0.6) is 0 Å². The fourth-order valence-electron chi connectivity index (χ4n) is 1.15. The Hall–Kier alpha value is -1.52. The molecule has 1 heterocycles. The molecule has 0 bridgehead atoms. The van der Waals surface area contributed by atoms with Crippen LogP contribution in [0.25, 0.3) is 10.9 Å². The molecule has 0 saturated heterocycles. The van der Waals surface area contributed by atoms with Crippen molar-refractivity contribution < 1.29 is 13.2 Å². The monoisotopic (exact) mass is 186 g/mol. The maximum absolute atomic E-state index is 12.9. The Morgan fingerprint density at radius 2 is 2.08 bits per heavy atom. The van der Waals surface area contributed by atoms with Gasteiger partial charge in [0, 0.05) is 11.5 Å². The second-order valence-electron chi connectivity index (χ2n) is 2.63. The fraction of sp³-hybridized carbons (Fsp3) is 0.125. The minimum absolute atomic E-state index is 0.418. The zero-order valence-corrected chi connectivity index (χ0v) is 6.39. The summed E-state index contributed by atoms with van der Waals surface area (Å²) in [6.07, 6.45) is -1.42. The standard InChI is InChI=1S/C8H5F3N2/c9-6-2-7-4(3-12-13-7)1-5(6)8(10)11/h1-3,8H,(H,12,13). The van der Waals surface area contributed by atoms with Crippen LogP contribution in [0.1, 0.15) is 12.0 Å². The van der Waals surface area contributed by atoms with E-state index in [2.05, 4.69) is 10.2 Å². The quantitative estimate of drug-likeness (QED) is 0.728. The molecule has 0 radical (unpaired) electrons. The molecule has 0 aliphatic heterocycles. The molecule has 2 nitrogen and oxygen atoms in total. The minimum atomic E-state index is -2.79. The van der Waals surface area contributed by atoms with E-state index in [0.717, 1.165) is 12.1 Å². The second kappa shape index (κ2) is 2.76. The first kappa shape index (κ1) is 8.10. The van der Waals surface area contributed by atoms with Crippen molar-refractivity contribution >= 4 is 10.9 Å². The van der Waals surface area contributed by atoms with Gasteiger partial charge in [-0.2, -0.15) is 5.10 Å². The highest BCUT2D eigenvalue weighted by molar-refractivity contribution is 5.78. The smallest absolute Gasteiger partial charge is 0.266 e. The van der Waals surface area contributed by atoms with Crippen molar-refractivity contribution in [3.8, 4) is 0 Å². The largest absolute Gasteiger partial charge is 0.278 e. The van der Waals surface area contributed by atoms with E-state index >= 15 is 0 Å². The first-order chi connectivity index (χ1) is 6.18. The van der Waals surface area contributed by atoms with E-state index in [1.807, 2.05) is 0 Å². The lowest BCUT2D eigenvalue weighted by molar-refractivity contribution is 0.146. The Kier molecular flexibility index (Phi) is 1.72. The summed E-state index contributed by atoms with van der Waals surface area (Å²) in [6, 6.07) is 2.11. The number of nitrogens with one attached hydrogen (secondary N) is 1. The van der Waals surface area contributed by atoms with Gasteiger partial charge in [0.25, 0.3) is 6.43 Å². The van der Waals surface area contributed by atoms with Gasteiger partial charge >= 0.3 is 0 Å². The average Bonchev–Trinajstić information content (AvgIpc) is 2.48. The molecule has 0 amide bonds. The van der Waals surface area contributed by atoms with Crippen LogP contribution in [-0.2, 0) is 0 Å². The number of alkyl halides is 2. The Labute approximate surface area is 71.4 Å². The highest BCUT2D eigenvalue weighted by Gasteiger charge is 2.14. The van der Waals surface area contributed by atoms with E-state index in [9.17, 15) is 13.2 Å². The summed E-state index contributed by atoms with van der Waals surface area (Å²) in [5.41, 5.74) is -0.171. The van der Waals surface area contributed by atoms with Gasteiger partial charge in [0.1, 0.15) is 5.82 Å². The normalized spacial score (nSPS) is 11.4. The number of halogens is 3. The third-order valence-corrected chi connectivity index (χ3v) is 1.79. The van der Waals surface area contributed by atoms with Gasteiger partial charge in [0.15, 0.2) is 0 Å². The molecule has 0 spiro atoms. The zero-order valence-electron chi connectivity index (χ0n) is 6.39. The third-order valence-electron chi connectivity index (χ3n) is 1.79. The first-order valence-corrected chi connectivity index (χ1v) is 3.59. The maximum Gasteiger partial charge on any atom is 0.266 e. The molecule has 2 aromatic rings. The van der Waals surface area contributed by atoms with Crippen molar-refractivity contribution in [3.63, 3.8) is 0 Å². The number of H-pyrrole nitrogens is 1. The van der Waals surface area contributed by atoms with Gasteiger partial charge in [-0.25, -0.2) is 13.2 Å². The summed E-state index contributed by atoms with van der Waals surface area (Å²) in [5.74, 6) is -0.910. The van der Waals surface area contributed by atoms with Crippen LogP contribution < -0.4 is 0 Å². The Morgan fingerprint density at radius 3 is 2.77 bits per heavy atom. The number of aromatic nitrogens is 2. The molecule has 0 aliphatic rings. The maximum atomic E-state index is 12.9. The number of rotatable bonds is 1. The van der Waals surface area contributed by atoms with E-state index in [0.29, 0.717) is 10.9 Å². The van der Waals surface area contributed by atoms with Crippen LogP contribution in [0.4, 0.5) is 13.2 Å². The van der Waals surface area contributed by atoms with Crippen molar-refractivity contribution in [1.82, 2.24) is 10.2 Å². The second-order valence-corrected chi connectivity index (χ2v) is 2.63. The predicted molar refractivity (Wildman–Crippen MR) is 41.0 cm³/mol. The van der Waals surface area contributed by atoms with E-state index < -0.39 is 17.8 Å². The van der Waals surface area contributed by atoms with Gasteiger partial charge in [-0.3, -0.25) is 5.10 Å². The molecular formula is C8H5F3N2. The van der Waals surface area contributed by atoms with E-state index in [4.69, 9.17) is 0 Å². The molecular weight excluding hydrogens is 181 g/mol. The van der Waals surface area contributed by atoms with Crippen LogP contribution in [0, 0.1) is 5.82 Å².